The summed E-state index contributed by atoms with van der Waals surface area (Å²) in [4.78, 5) is 16.7. The fraction of sp³-hybridized carbons (Fsp3) is 0.276. The zero-order chi connectivity index (χ0) is 31.4. The highest BCUT2D eigenvalue weighted by Crippen LogP contribution is 2.37. The Hall–Kier alpha value is -4.33. The summed E-state index contributed by atoms with van der Waals surface area (Å²) in [5.74, 6) is -0.0111. The second kappa shape index (κ2) is 12.9. The molecule has 14 heteroatoms. The quantitative estimate of drug-likeness (QED) is 0.0869. The molecule has 0 saturated carbocycles. The Morgan fingerprint density at radius 3 is 2.30 bits per heavy atom. The van der Waals surface area contributed by atoms with Crippen molar-refractivity contribution in [1.82, 2.24) is 25.4 Å². The maximum Gasteiger partial charge on any atom is 0.499 e. The number of ether oxygens (including phenoxy) is 1. The second-order valence-electron chi connectivity index (χ2n) is 9.94. The van der Waals surface area contributed by atoms with Crippen molar-refractivity contribution in [3.05, 3.63) is 89.7 Å². The van der Waals surface area contributed by atoms with Gasteiger partial charge in [-0.25, -0.2) is 14.5 Å². The molecule has 1 heterocycles. The van der Waals surface area contributed by atoms with Gasteiger partial charge in [0.15, 0.2) is 5.82 Å². The van der Waals surface area contributed by atoms with E-state index >= 15 is 0 Å². The summed E-state index contributed by atoms with van der Waals surface area (Å²) < 4.78 is 68.4. The van der Waals surface area contributed by atoms with Crippen molar-refractivity contribution >= 4 is 24.3 Å². The summed E-state index contributed by atoms with van der Waals surface area (Å²) in [6.45, 7) is 6.42. The largest absolute Gasteiger partial charge is 0.499 e. The zero-order valence-electron chi connectivity index (χ0n) is 23.3. The lowest BCUT2D eigenvalue weighted by Gasteiger charge is -2.21. The van der Waals surface area contributed by atoms with Crippen molar-refractivity contribution in [2.45, 2.75) is 51.0 Å². The van der Waals surface area contributed by atoms with Crippen LogP contribution in [0.25, 0.3) is 17.1 Å². The maximum absolute atomic E-state index is 13.1. The molecule has 2 amide bonds. The molecule has 8 nitrogen and oxygen atoms in total. The van der Waals surface area contributed by atoms with E-state index in [2.05, 4.69) is 63.3 Å². The molecule has 1 atom stereocenters. The molecule has 0 aliphatic carbocycles. The first kappa shape index (κ1) is 31.6. The molecule has 43 heavy (non-hydrogen) atoms. The Bertz CT molecular complexity index is 1540. The van der Waals surface area contributed by atoms with E-state index in [1.54, 1.807) is 24.3 Å². The third-order valence-corrected chi connectivity index (χ3v) is 6.48. The van der Waals surface area contributed by atoms with Crippen LogP contribution >= 0.6 is 12.6 Å². The summed E-state index contributed by atoms with van der Waals surface area (Å²) in [6, 6.07) is 17.3. The molecule has 0 radical (unpaired) electrons. The number of hydrogen-bond donors (Lipinski definition) is 4. The molecule has 1 aromatic heterocycles. The van der Waals surface area contributed by atoms with E-state index < -0.39 is 29.6 Å². The molecular weight excluding hydrogens is 591 g/mol. The average molecular weight is 621 g/mol. The third-order valence-electron chi connectivity index (χ3n) is 6.23. The first-order chi connectivity index (χ1) is 20.2. The van der Waals surface area contributed by atoms with Crippen LogP contribution in [-0.4, -0.2) is 38.6 Å². The van der Waals surface area contributed by atoms with E-state index in [4.69, 9.17) is 0 Å². The second-order valence-corrected chi connectivity index (χ2v) is 10.5. The molecule has 0 aliphatic heterocycles. The first-order valence-corrected chi connectivity index (χ1v) is 13.6. The Balaban J connectivity index is 1.30. The van der Waals surface area contributed by atoms with E-state index in [1.807, 2.05) is 19.1 Å². The van der Waals surface area contributed by atoms with Gasteiger partial charge in [-0.3, -0.25) is 0 Å². The number of thiol groups is 1. The molecule has 1 unspecified atom stereocenters. The van der Waals surface area contributed by atoms with E-state index in [0.29, 0.717) is 23.0 Å². The van der Waals surface area contributed by atoms with Crippen molar-refractivity contribution in [2.24, 2.45) is 0 Å². The standard InChI is InChI=1S/C29H29F5N6O2S/c1-17(2)23-13-4-18(3)14-24(23)37-27(43)38-26(41)35-15-19-5-7-20(8-6-19)25-36-16-40(39-25)21-9-11-22(12-10-21)42-29(33,34)28(30,31)32/h4-14,16-17,27,37,43H,15H2,1-3H3,(H2,35,38,41). The lowest BCUT2D eigenvalue weighted by atomic mass is 9.99. The van der Waals surface area contributed by atoms with Crippen molar-refractivity contribution in [3.8, 4) is 22.8 Å². The fourth-order valence-corrected chi connectivity index (χ4v) is 4.26. The Kier molecular flexibility index (Phi) is 9.48. The topological polar surface area (TPSA) is 93.1 Å². The molecule has 0 bridgehead atoms. The highest BCUT2D eigenvalue weighted by atomic mass is 32.1. The SMILES string of the molecule is Cc1ccc(C(C)C)c(NC(S)NC(=O)NCc2ccc(-c3ncn(-c4ccc(OC(F)(F)C(F)(F)F)cc4)n3)cc2)c1. The molecule has 4 rings (SSSR count). The molecule has 0 spiro atoms. The van der Waals surface area contributed by atoms with E-state index in [0.717, 1.165) is 34.5 Å². The number of halogens is 5. The van der Waals surface area contributed by atoms with Gasteiger partial charge in [0.25, 0.3) is 0 Å². The van der Waals surface area contributed by atoms with Gasteiger partial charge in [-0.2, -0.15) is 22.0 Å². The van der Waals surface area contributed by atoms with Crippen LogP contribution in [0.1, 0.15) is 36.5 Å². The number of aromatic nitrogens is 3. The van der Waals surface area contributed by atoms with Crippen LogP contribution in [0.15, 0.2) is 73.1 Å². The number of amides is 2. The highest BCUT2D eigenvalue weighted by Gasteiger charge is 2.61. The average Bonchev–Trinajstić information content (AvgIpc) is 3.42. The Labute approximate surface area is 250 Å². The highest BCUT2D eigenvalue weighted by molar-refractivity contribution is 7.81. The molecular formula is C29H29F5N6O2S. The van der Waals surface area contributed by atoms with Crippen molar-refractivity contribution in [1.29, 1.82) is 0 Å². The molecule has 4 aromatic rings. The van der Waals surface area contributed by atoms with Crippen LogP contribution in [0, 0.1) is 6.92 Å². The Morgan fingerprint density at radius 1 is 1.00 bits per heavy atom. The van der Waals surface area contributed by atoms with Gasteiger partial charge in [-0.15, -0.1) is 17.7 Å². The monoisotopic (exact) mass is 620 g/mol. The van der Waals surface area contributed by atoms with Gasteiger partial charge in [0.2, 0.25) is 0 Å². The van der Waals surface area contributed by atoms with Crippen LogP contribution in [-0.2, 0) is 6.54 Å². The number of hydrogen-bond acceptors (Lipinski definition) is 6. The number of carbonyl (C=O) groups is 1. The van der Waals surface area contributed by atoms with Crippen LogP contribution in [0.3, 0.4) is 0 Å². The van der Waals surface area contributed by atoms with E-state index in [1.165, 1.54) is 23.1 Å². The number of nitrogens with zero attached hydrogens (tertiary/aromatic N) is 3. The molecule has 3 N–H and O–H groups in total. The van der Waals surface area contributed by atoms with Crippen LogP contribution < -0.4 is 20.7 Å². The zero-order valence-corrected chi connectivity index (χ0v) is 24.2. The minimum absolute atomic E-state index is 0.248. The van der Waals surface area contributed by atoms with Crippen LogP contribution in [0.4, 0.5) is 32.4 Å². The molecule has 228 valence electrons. The summed E-state index contributed by atoms with van der Waals surface area (Å²) in [6.07, 6.45) is -9.78. The van der Waals surface area contributed by atoms with E-state index in [-0.39, 0.29) is 6.54 Å². The van der Waals surface area contributed by atoms with Crippen LogP contribution in [0.2, 0.25) is 0 Å². The first-order valence-electron chi connectivity index (χ1n) is 13.1. The number of urea groups is 1. The third kappa shape index (κ3) is 8.15. The summed E-state index contributed by atoms with van der Waals surface area (Å²) >= 11 is 4.45. The molecule has 0 saturated heterocycles. The fourth-order valence-electron chi connectivity index (χ4n) is 4.00. The lowest BCUT2D eigenvalue weighted by molar-refractivity contribution is -0.360. The van der Waals surface area contributed by atoms with E-state index in [9.17, 15) is 26.7 Å². The van der Waals surface area contributed by atoms with Gasteiger partial charge in [0, 0.05) is 17.8 Å². The van der Waals surface area contributed by atoms with Gasteiger partial charge >= 0.3 is 18.3 Å². The smallest absolute Gasteiger partial charge is 0.426 e. The minimum Gasteiger partial charge on any atom is -0.426 e. The summed E-state index contributed by atoms with van der Waals surface area (Å²) in [5, 5.41) is 13.1. The number of rotatable bonds is 10. The number of aryl methyl sites for hydroxylation is 1. The normalized spacial score (nSPS) is 12.6. The molecule has 0 fully saturated rings. The Morgan fingerprint density at radius 2 is 1.67 bits per heavy atom. The number of nitrogens with one attached hydrogen (secondary N) is 3. The molecule has 3 aromatic carbocycles. The molecule has 0 aliphatic rings. The number of alkyl halides is 5. The summed E-state index contributed by atoms with van der Waals surface area (Å²) in [5.41, 5.74) is 4.33. The van der Waals surface area contributed by atoms with Crippen molar-refractivity contribution in [3.63, 3.8) is 0 Å². The maximum atomic E-state index is 13.1. The van der Waals surface area contributed by atoms with Crippen molar-refractivity contribution in [2.75, 3.05) is 5.32 Å². The van der Waals surface area contributed by atoms with Gasteiger partial charge < -0.3 is 20.7 Å². The van der Waals surface area contributed by atoms with Crippen molar-refractivity contribution < 1.29 is 31.5 Å². The number of anilines is 1. The minimum atomic E-state index is -5.84. The summed E-state index contributed by atoms with van der Waals surface area (Å²) in [7, 11) is 0. The number of carbonyl (C=O) groups excluding carboxylic acids is 1. The van der Waals surface area contributed by atoms with Gasteiger partial charge in [0.05, 0.1) is 5.69 Å². The predicted octanol–water partition coefficient (Wildman–Crippen LogP) is 7.02. The number of benzene rings is 3. The lowest BCUT2D eigenvalue weighted by Crippen LogP contribution is -2.42. The van der Waals surface area contributed by atoms with Crippen LogP contribution in [0.5, 0.6) is 5.75 Å². The van der Waals surface area contributed by atoms with Gasteiger partial charge in [-0.1, -0.05) is 50.2 Å². The predicted molar refractivity (Wildman–Crippen MR) is 155 cm³/mol. The van der Waals surface area contributed by atoms with Gasteiger partial charge in [0.1, 0.15) is 17.6 Å². The van der Waals surface area contributed by atoms with Gasteiger partial charge in [-0.05, 0) is 59.9 Å².